The first-order valence-corrected chi connectivity index (χ1v) is 5.68. The summed E-state index contributed by atoms with van der Waals surface area (Å²) in [5.74, 6) is 0.382. The standard InChI is InChI=1S/C15H12N2O2/c1-19-14-7-3-5-12(9-14)15(18)17-13-6-2-4-11(8-13)10-16/h2-9H,1H3,(H,17,18). The lowest BCUT2D eigenvalue weighted by molar-refractivity contribution is 0.102. The maximum Gasteiger partial charge on any atom is 0.255 e. The van der Waals surface area contributed by atoms with E-state index in [2.05, 4.69) is 5.32 Å². The SMILES string of the molecule is COc1cccc(C(=O)Nc2cccc(C#N)c2)c1. The van der Waals surface area contributed by atoms with E-state index >= 15 is 0 Å². The normalized spacial score (nSPS) is 9.47. The van der Waals surface area contributed by atoms with Gasteiger partial charge >= 0.3 is 0 Å². The highest BCUT2D eigenvalue weighted by Gasteiger charge is 2.07. The van der Waals surface area contributed by atoms with Crippen LogP contribution in [-0.2, 0) is 0 Å². The van der Waals surface area contributed by atoms with Gasteiger partial charge in [0, 0.05) is 11.3 Å². The minimum Gasteiger partial charge on any atom is -0.497 e. The van der Waals surface area contributed by atoms with Crippen molar-refractivity contribution in [1.82, 2.24) is 0 Å². The molecule has 0 bridgehead atoms. The quantitative estimate of drug-likeness (QED) is 0.913. The van der Waals surface area contributed by atoms with E-state index in [4.69, 9.17) is 10.00 Å². The molecule has 2 rings (SSSR count). The second-order valence-corrected chi connectivity index (χ2v) is 3.88. The van der Waals surface area contributed by atoms with E-state index in [0.29, 0.717) is 22.6 Å². The smallest absolute Gasteiger partial charge is 0.255 e. The van der Waals surface area contributed by atoms with Crippen LogP contribution in [0.25, 0.3) is 0 Å². The van der Waals surface area contributed by atoms with Crippen molar-refractivity contribution in [2.75, 3.05) is 12.4 Å². The van der Waals surface area contributed by atoms with Crippen molar-refractivity contribution >= 4 is 11.6 Å². The predicted octanol–water partition coefficient (Wildman–Crippen LogP) is 2.82. The Bertz CT molecular complexity index is 645. The topological polar surface area (TPSA) is 62.1 Å². The largest absolute Gasteiger partial charge is 0.497 e. The first-order chi connectivity index (χ1) is 9.22. The third-order valence-corrected chi connectivity index (χ3v) is 2.58. The monoisotopic (exact) mass is 252 g/mol. The van der Waals surface area contributed by atoms with E-state index in [1.165, 1.54) is 0 Å². The molecule has 2 aromatic carbocycles. The van der Waals surface area contributed by atoms with Crippen molar-refractivity contribution in [3.8, 4) is 11.8 Å². The number of nitrogens with zero attached hydrogens (tertiary/aromatic N) is 1. The molecule has 0 radical (unpaired) electrons. The second kappa shape index (κ2) is 5.69. The lowest BCUT2D eigenvalue weighted by Gasteiger charge is -2.06. The van der Waals surface area contributed by atoms with Gasteiger partial charge in [0.2, 0.25) is 0 Å². The van der Waals surface area contributed by atoms with Crippen molar-refractivity contribution in [3.05, 3.63) is 59.7 Å². The van der Waals surface area contributed by atoms with Crippen LogP contribution in [-0.4, -0.2) is 13.0 Å². The van der Waals surface area contributed by atoms with Crippen LogP contribution in [0.15, 0.2) is 48.5 Å². The number of anilines is 1. The fraction of sp³-hybridized carbons (Fsp3) is 0.0667. The third-order valence-electron chi connectivity index (χ3n) is 2.58. The van der Waals surface area contributed by atoms with Gasteiger partial charge in [-0.2, -0.15) is 5.26 Å². The van der Waals surface area contributed by atoms with Gasteiger partial charge in [0.1, 0.15) is 5.75 Å². The number of benzene rings is 2. The Morgan fingerprint density at radius 3 is 2.74 bits per heavy atom. The molecule has 0 saturated heterocycles. The lowest BCUT2D eigenvalue weighted by Crippen LogP contribution is -2.11. The second-order valence-electron chi connectivity index (χ2n) is 3.88. The molecule has 0 fully saturated rings. The van der Waals surface area contributed by atoms with Gasteiger partial charge in [0.05, 0.1) is 18.7 Å². The Balaban J connectivity index is 2.18. The molecule has 1 N–H and O–H groups in total. The Morgan fingerprint density at radius 2 is 2.00 bits per heavy atom. The van der Waals surface area contributed by atoms with Crippen LogP contribution < -0.4 is 10.1 Å². The molecule has 0 saturated carbocycles. The fourth-order valence-electron chi connectivity index (χ4n) is 1.63. The number of amides is 1. The summed E-state index contributed by atoms with van der Waals surface area (Å²) >= 11 is 0. The summed E-state index contributed by atoms with van der Waals surface area (Å²) in [6, 6.07) is 15.7. The molecule has 0 aliphatic rings. The average molecular weight is 252 g/mol. The van der Waals surface area contributed by atoms with E-state index in [1.807, 2.05) is 6.07 Å². The van der Waals surface area contributed by atoms with Crippen molar-refractivity contribution in [2.45, 2.75) is 0 Å². The van der Waals surface area contributed by atoms with Gasteiger partial charge in [-0.25, -0.2) is 0 Å². The minimum atomic E-state index is -0.242. The third kappa shape index (κ3) is 3.11. The zero-order valence-electron chi connectivity index (χ0n) is 10.4. The molecule has 0 aliphatic heterocycles. The first-order valence-electron chi connectivity index (χ1n) is 5.68. The van der Waals surface area contributed by atoms with Gasteiger partial charge < -0.3 is 10.1 Å². The number of carbonyl (C=O) groups excluding carboxylic acids is 1. The molecule has 0 aliphatic carbocycles. The van der Waals surface area contributed by atoms with Gasteiger partial charge in [0.15, 0.2) is 0 Å². The first kappa shape index (κ1) is 12.7. The van der Waals surface area contributed by atoms with Crippen LogP contribution in [0.2, 0.25) is 0 Å². The van der Waals surface area contributed by atoms with Crippen molar-refractivity contribution in [2.24, 2.45) is 0 Å². The number of hydrogen-bond donors (Lipinski definition) is 1. The van der Waals surface area contributed by atoms with Crippen LogP contribution >= 0.6 is 0 Å². The molecular formula is C15H12N2O2. The van der Waals surface area contributed by atoms with Crippen LogP contribution in [0.1, 0.15) is 15.9 Å². The van der Waals surface area contributed by atoms with E-state index in [9.17, 15) is 4.79 Å². The summed E-state index contributed by atoms with van der Waals surface area (Å²) < 4.78 is 5.07. The number of nitriles is 1. The van der Waals surface area contributed by atoms with Crippen molar-refractivity contribution in [1.29, 1.82) is 5.26 Å². The van der Waals surface area contributed by atoms with Crippen LogP contribution in [0, 0.1) is 11.3 Å². The zero-order chi connectivity index (χ0) is 13.7. The predicted molar refractivity (Wildman–Crippen MR) is 72.1 cm³/mol. The number of nitrogens with one attached hydrogen (secondary N) is 1. The highest BCUT2D eigenvalue weighted by atomic mass is 16.5. The van der Waals surface area contributed by atoms with E-state index < -0.39 is 0 Å². The molecular weight excluding hydrogens is 240 g/mol. The Morgan fingerprint density at radius 1 is 1.21 bits per heavy atom. The maximum absolute atomic E-state index is 12.0. The molecule has 0 heterocycles. The summed E-state index contributed by atoms with van der Waals surface area (Å²) in [5.41, 5.74) is 1.59. The molecule has 0 spiro atoms. The van der Waals surface area contributed by atoms with Gasteiger partial charge in [-0.15, -0.1) is 0 Å². The van der Waals surface area contributed by atoms with Gasteiger partial charge in [0.25, 0.3) is 5.91 Å². The lowest BCUT2D eigenvalue weighted by atomic mass is 10.2. The molecule has 4 nitrogen and oxygen atoms in total. The van der Waals surface area contributed by atoms with E-state index in [1.54, 1.807) is 55.6 Å². The fourth-order valence-corrected chi connectivity index (χ4v) is 1.63. The summed E-state index contributed by atoms with van der Waals surface area (Å²) in [6.45, 7) is 0. The van der Waals surface area contributed by atoms with Crippen molar-refractivity contribution in [3.63, 3.8) is 0 Å². The van der Waals surface area contributed by atoms with Gasteiger partial charge in [-0.1, -0.05) is 12.1 Å². The highest BCUT2D eigenvalue weighted by Crippen LogP contribution is 2.15. The molecule has 4 heteroatoms. The van der Waals surface area contributed by atoms with Crippen LogP contribution in [0.5, 0.6) is 5.75 Å². The molecule has 2 aromatic rings. The number of carbonyl (C=O) groups is 1. The maximum atomic E-state index is 12.0. The minimum absolute atomic E-state index is 0.242. The number of hydrogen-bond acceptors (Lipinski definition) is 3. The molecule has 19 heavy (non-hydrogen) atoms. The summed E-state index contributed by atoms with van der Waals surface area (Å²) in [7, 11) is 1.55. The van der Waals surface area contributed by atoms with Gasteiger partial charge in [-0.3, -0.25) is 4.79 Å². The van der Waals surface area contributed by atoms with E-state index in [0.717, 1.165) is 0 Å². The average Bonchev–Trinajstić information content (AvgIpc) is 2.47. The van der Waals surface area contributed by atoms with Gasteiger partial charge in [-0.05, 0) is 36.4 Å². The van der Waals surface area contributed by atoms with E-state index in [-0.39, 0.29) is 5.91 Å². The molecule has 1 amide bonds. The number of rotatable bonds is 3. The molecule has 0 atom stereocenters. The molecule has 0 unspecified atom stereocenters. The Labute approximate surface area is 111 Å². The number of methoxy groups -OCH3 is 1. The Hall–Kier alpha value is -2.80. The summed E-state index contributed by atoms with van der Waals surface area (Å²) in [6.07, 6.45) is 0. The molecule has 94 valence electrons. The molecule has 0 aromatic heterocycles. The summed E-state index contributed by atoms with van der Waals surface area (Å²) in [4.78, 5) is 12.0. The summed E-state index contributed by atoms with van der Waals surface area (Å²) in [5, 5.41) is 11.5. The highest BCUT2D eigenvalue weighted by molar-refractivity contribution is 6.04. The Kier molecular flexibility index (Phi) is 3.79. The van der Waals surface area contributed by atoms with Crippen LogP contribution in [0.4, 0.5) is 5.69 Å². The van der Waals surface area contributed by atoms with Crippen LogP contribution in [0.3, 0.4) is 0 Å². The zero-order valence-corrected chi connectivity index (χ0v) is 10.4. The van der Waals surface area contributed by atoms with Crippen molar-refractivity contribution < 1.29 is 9.53 Å². The number of ether oxygens (including phenoxy) is 1.